The number of hydrogen-bond donors (Lipinski definition) is 4. The number of aromatic nitrogens is 2. The molecule has 1 aromatic rings. The molecule has 0 aliphatic carbocycles. The second-order valence-corrected chi connectivity index (χ2v) is 4.66. The van der Waals surface area contributed by atoms with Gasteiger partial charge in [0.2, 0.25) is 4.77 Å². The summed E-state index contributed by atoms with van der Waals surface area (Å²) in [5.74, 6) is 0.816. The van der Waals surface area contributed by atoms with Crippen molar-refractivity contribution in [3.8, 4) is 12.3 Å². The van der Waals surface area contributed by atoms with Gasteiger partial charge in [-0.15, -0.1) is 6.42 Å². The van der Waals surface area contributed by atoms with E-state index in [2.05, 4.69) is 10.9 Å². The Labute approximate surface area is 118 Å². The van der Waals surface area contributed by atoms with E-state index in [9.17, 15) is 19.7 Å². The Kier molecular flexibility index (Phi) is 3.77. The van der Waals surface area contributed by atoms with Crippen LogP contribution in [0.15, 0.2) is 6.20 Å². The monoisotopic (exact) mass is 301 g/mol. The zero-order chi connectivity index (χ0) is 15.1. The molecule has 1 aliphatic rings. The molecule has 1 aliphatic heterocycles. The van der Waals surface area contributed by atoms with Crippen LogP contribution in [-0.2, 0) is 4.74 Å². The zero-order valence-corrected chi connectivity index (χ0v) is 10.9. The summed E-state index contributed by atoms with van der Waals surface area (Å²) in [7, 11) is 0. The molecule has 1 fully saturated rings. The Bertz CT molecular complexity index is 631. The number of rotatable bonds is 2. The number of hydrogen-bond acceptors (Lipinski definition) is 7. The van der Waals surface area contributed by atoms with E-state index in [1.165, 1.54) is 0 Å². The molecule has 0 saturated carbocycles. The predicted molar refractivity (Wildman–Crippen MR) is 68.2 cm³/mol. The minimum atomic E-state index is -1.79. The molecular formula is C11H12FN3O4S. The Morgan fingerprint density at radius 1 is 1.65 bits per heavy atom. The summed E-state index contributed by atoms with van der Waals surface area (Å²) in [6.45, 7) is -0.726. The van der Waals surface area contributed by atoms with E-state index in [1.54, 1.807) is 0 Å². The normalized spacial score (nSPS) is 33.0. The lowest BCUT2D eigenvalue weighted by Crippen LogP contribution is -2.44. The highest BCUT2D eigenvalue weighted by Gasteiger charge is 2.54. The van der Waals surface area contributed by atoms with Crippen molar-refractivity contribution < 1.29 is 24.4 Å². The van der Waals surface area contributed by atoms with Crippen molar-refractivity contribution in [1.29, 1.82) is 0 Å². The Balaban J connectivity index is 2.48. The van der Waals surface area contributed by atoms with Crippen LogP contribution in [0.25, 0.3) is 0 Å². The van der Waals surface area contributed by atoms with Crippen molar-refractivity contribution in [3.63, 3.8) is 0 Å². The molecule has 9 heteroatoms. The molecule has 0 radical (unpaired) electrons. The van der Waals surface area contributed by atoms with E-state index >= 15 is 0 Å². The number of halogens is 1. The van der Waals surface area contributed by atoms with E-state index < -0.39 is 42.3 Å². The van der Waals surface area contributed by atoms with Gasteiger partial charge in [-0.1, -0.05) is 5.92 Å². The molecule has 1 unspecified atom stereocenters. The van der Waals surface area contributed by atoms with E-state index in [1.807, 2.05) is 0 Å². The number of nitrogens with two attached hydrogens (primary N) is 1. The van der Waals surface area contributed by atoms with Gasteiger partial charge in [0.15, 0.2) is 23.5 Å². The summed E-state index contributed by atoms with van der Waals surface area (Å²) < 4.78 is 19.6. The molecule has 5 N–H and O–H groups in total. The molecule has 1 aromatic heterocycles. The van der Waals surface area contributed by atoms with Crippen LogP contribution in [0, 0.1) is 22.9 Å². The van der Waals surface area contributed by atoms with Crippen molar-refractivity contribution in [2.45, 2.75) is 24.0 Å². The minimum absolute atomic E-state index is 0.161. The quantitative estimate of drug-likeness (QED) is 0.407. The fourth-order valence-corrected chi connectivity index (χ4v) is 2.20. The van der Waals surface area contributed by atoms with E-state index in [0.717, 1.165) is 10.8 Å². The van der Waals surface area contributed by atoms with Gasteiger partial charge in [0.05, 0.1) is 6.61 Å². The third-order valence-corrected chi connectivity index (χ3v) is 3.41. The van der Waals surface area contributed by atoms with Gasteiger partial charge < -0.3 is 25.8 Å². The highest BCUT2D eigenvalue weighted by Crippen LogP contribution is 2.36. The van der Waals surface area contributed by atoms with Crippen molar-refractivity contribution >= 4 is 18.0 Å². The second kappa shape index (κ2) is 5.08. The molecule has 0 aromatic carbocycles. The number of nitrogen functional groups attached to an aromatic ring is 1. The lowest BCUT2D eigenvalue weighted by Gasteiger charge is -2.23. The lowest BCUT2D eigenvalue weighted by atomic mass is 9.97. The van der Waals surface area contributed by atoms with Gasteiger partial charge in [0.1, 0.15) is 12.2 Å². The Hall–Kier alpha value is -1.57. The van der Waals surface area contributed by atoms with Gasteiger partial charge >= 0.3 is 0 Å². The van der Waals surface area contributed by atoms with Crippen LogP contribution in [0.1, 0.15) is 6.23 Å². The van der Waals surface area contributed by atoms with Crippen LogP contribution in [0.3, 0.4) is 0 Å². The first kappa shape index (κ1) is 14.8. The van der Waals surface area contributed by atoms with Crippen LogP contribution in [0.2, 0.25) is 0 Å². The van der Waals surface area contributed by atoms with Gasteiger partial charge in [-0.2, -0.15) is 4.98 Å². The highest BCUT2D eigenvalue weighted by molar-refractivity contribution is 7.71. The molecule has 2 heterocycles. The molecule has 2 rings (SSSR count). The lowest BCUT2D eigenvalue weighted by molar-refractivity contribution is -0.0932. The summed E-state index contributed by atoms with van der Waals surface area (Å²) in [6.07, 6.45) is 1.73. The van der Waals surface area contributed by atoms with E-state index in [4.69, 9.17) is 29.1 Å². The smallest absolute Gasteiger partial charge is 0.203 e. The summed E-state index contributed by atoms with van der Waals surface area (Å²) >= 11 is 4.89. The number of nitrogens with zero attached hydrogens (tertiary/aromatic N) is 2. The summed E-state index contributed by atoms with van der Waals surface area (Å²) in [5, 5.41) is 29.1. The van der Waals surface area contributed by atoms with E-state index in [0.29, 0.717) is 0 Å². The maximum absolute atomic E-state index is 13.4. The number of aliphatic hydroxyl groups excluding tert-OH is 3. The maximum atomic E-state index is 13.4. The van der Waals surface area contributed by atoms with Gasteiger partial charge in [-0.25, -0.2) is 4.39 Å². The van der Waals surface area contributed by atoms with E-state index in [-0.39, 0.29) is 4.77 Å². The first-order valence-corrected chi connectivity index (χ1v) is 5.94. The van der Waals surface area contributed by atoms with Gasteiger partial charge in [-0.3, -0.25) is 4.57 Å². The molecule has 108 valence electrons. The third kappa shape index (κ3) is 2.07. The maximum Gasteiger partial charge on any atom is 0.203 e. The van der Waals surface area contributed by atoms with Crippen LogP contribution in [-0.4, -0.2) is 49.3 Å². The summed E-state index contributed by atoms with van der Waals surface area (Å²) in [5.41, 5.74) is 3.47. The van der Waals surface area contributed by atoms with Crippen LogP contribution in [0.5, 0.6) is 0 Å². The van der Waals surface area contributed by atoms with Crippen molar-refractivity contribution in [2.75, 3.05) is 12.3 Å². The molecule has 0 spiro atoms. The van der Waals surface area contributed by atoms with Crippen LogP contribution >= 0.6 is 12.2 Å². The standard InChI is InChI=1S/C11H12FN3O4S/c1-2-11(4-16)7(18)6(17)9(19-11)15-3-5(12)8(13)14-10(15)20/h1,3,6-7,9,16-18H,4H2,(H2,13,14,20)/t6-,7?,9+,11+/m0/s1. The first-order chi connectivity index (χ1) is 9.36. The second-order valence-electron chi connectivity index (χ2n) is 4.30. The largest absolute Gasteiger partial charge is 0.392 e. The fraction of sp³-hybridized carbons (Fsp3) is 0.455. The van der Waals surface area contributed by atoms with Gasteiger partial charge in [0, 0.05) is 6.20 Å². The molecule has 0 bridgehead atoms. The molecular weight excluding hydrogens is 289 g/mol. The molecule has 20 heavy (non-hydrogen) atoms. The first-order valence-electron chi connectivity index (χ1n) is 5.53. The molecule has 1 saturated heterocycles. The van der Waals surface area contributed by atoms with Crippen LogP contribution in [0.4, 0.5) is 10.2 Å². The van der Waals surface area contributed by atoms with Gasteiger partial charge in [-0.05, 0) is 12.2 Å². The third-order valence-electron chi connectivity index (χ3n) is 3.11. The predicted octanol–water partition coefficient (Wildman–Crippen LogP) is -1.05. The SMILES string of the molecule is C#C[C@]1(CO)O[C@@H](n2cc(F)c(N)nc2=S)[C@@H](O)C1O. The average molecular weight is 301 g/mol. The van der Waals surface area contributed by atoms with Crippen molar-refractivity contribution in [1.82, 2.24) is 9.55 Å². The fourth-order valence-electron chi connectivity index (χ4n) is 1.94. The minimum Gasteiger partial charge on any atom is -0.392 e. The molecule has 7 nitrogen and oxygen atoms in total. The number of terminal acetylenes is 1. The topological polar surface area (TPSA) is 114 Å². The number of anilines is 1. The Morgan fingerprint density at radius 3 is 2.80 bits per heavy atom. The molecule has 4 atom stereocenters. The summed E-state index contributed by atoms with van der Waals surface area (Å²) in [6, 6.07) is 0. The highest BCUT2D eigenvalue weighted by atomic mass is 32.1. The average Bonchev–Trinajstić information content (AvgIpc) is 2.68. The van der Waals surface area contributed by atoms with Crippen molar-refractivity contribution in [3.05, 3.63) is 16.8 Å². The molecule has 0 amide bonds. The number of aliphatic hydroxyl groups is 3. The summed E-state index contributed by atoms with van der Waals surface area (Å²) in [4.78, 5) is 3.57. The van der Waals surface area contributed by atoms with Crippen LogP contribution < -0.4 is 5.73 Å². The Morgan fingerprint density at radius 2 is 2.30 bits per heavy atom. The zero-order valence-electron chi connectivity index (χ0n) is 10.1. The van der Waals surface area contributed by atoms with Gasteiger partial charge in [0.25, 0.3) is 0 Å². The number of ether oxygens (including phenoxy) is 1. The van der Waals surface area contributed by atoms with Crippen molar-refractivity contribution in [2.24, 2.45) is 0 Å².